The molecule has 1 saturated heterocycles. The third-order valence-electron chi connectivity index (χ3n) is 4.21. The molecule has 3 atom stereocenters. The van der Waals surface area contributed by atoms with Crippen LogP contribution in [0.4, 0.5) is 4.79 Å². The molecule has 0 N–H and O–H groups in total. The first-order valence-electron chi connectivity index (χ1n) is 7.55. The fourth-order valence-corrected chi connectivity index (χ4v) is 3.11. The number of likely N-dealkylation sites (tertiary alicyclic amines) is 1. The van der Waals surface area contributed by atoms with E-state index in [0.717, 1.165) is 13.1 Å². The van der Waals surface area contributed by atoms with Crippen LogP contribution >= 0.6 is 0 Å². The van der Waals surface area contributed by atoms with E-state index in [1.165, 1.54) is 0 Å². The van der Waals surface area contributed by atoms with Gasteiger partial charge >= 0.3 is 6.09 Å². The van der Waals surface area contributed by atoms with Gasteiger partial charge in [-0.1, -0.05) is 0 Å². The number of fused-ring (bicyclic) bond motifs is 1. The van der Waals surface area contributed by atoms with Gasteiger partial charge in [-0.05, 0) is 46.5 Å². The number of hydrogen-bond donors (Lipinski definition) is 0. The second-order valence-electron chi connectivity index (χ2n) is 6.75. The third-order valence-corrected chi connectivity index (χ3v) is 4.21. The Labute approximate surface area is 121 Å². The lowest BCUT2D eigenvalue weighted by Crippen LogP contribution is -2.39. The highest BCUT2D eigenvalue weighted by Gasteiger charge is 2.61. The molecule has 1 aliphatic heterocycles. The molecule has 1 saturated carbocycles. The predicted octanol–water partition coefficient (Wildman–Crippen LogP) is 1.97. The standard InChI is InChI=1S/C15H26N2O3/c1-6-16(7-2)13(18)12-10-8-17(9-11(10)12)14(19)20-15(3,4)5/h10-12H,6-9H2,1-5H3/t10-,11+,12+. The maximum atomic E-state index is 12.3. The summed E-state index contributed by atoms with van der Waals surface area (Å²) in [5, 5.41) is 0. The Morgan fingerprint density at radius 2 is 1.65 bits per heavy atom. The topological polar surface area (TPSA) is 49.9 Å². The number of piperidine rings is 1. The van der Waals surface area contributed by atoms with E-state index in [2.05, 4.69) is 0 Å². The number of rotatable bonds is 3. The molecule has 1 heterocycles. The van der Waals surface area contributed by atoms with Crippen LogP contribution in [0.1, 0.15) is 34.6 Å². The van der Waals surface area contributed by atoms with Crippen LogP contribution in [0.3, 0.4) is 0 Å². The van der Waals surface area contributed by atoms with Gasteiger partial charge in [-0.15, -0.1) is 0 Å². The average Bonchev–Trinajstić information content (AvgIpc) is 2.83. The summed E-state index contributed by atoms with van der Waals surface area (Å²) in [6.45, 7) is 12.5. The molecule has 0 aromatic carbocycles. The molecule has 0 aromatic heterocycles. The quantitative estimate of drug-likeness (QED) is 0.795. The van der Waals surface area contributed by atoms with E-state index < -0.39 is 5.60 Å². The number of carbonyl (C=O) groups is 2. The second kappa shape index (κ2) is 5.26. The van der Waals surface area contributed by atoms with Crippen LogP contribution in [0.15, 0.2) is 0 Å². The molecule has 2 aliphatic rings. The molecular formula is C15H26N2O3. The van der Waals surface area contributed by atoms with E-state index in [4.69, 9.17) is 4.74 Å². The lowest BCUT2D eigenvalue weighted by atomic mass is 10.2. The molecule has 0 radical (unpaired) electrons. The Bertz CT molecular complexity index is 386. The summed E-state index contributed by atoms with van der Waals surface area (Å²) in [7, 11) is 0. The third kappa shape index (κ3) is 2.91. The Morgan fingerprint density at radius 3 is 2.05 bits per heavy atom. The summed E-state index contributed by atoms with van der Waals surface area (Å²) in [5.74, 6) is 1.08. The van der Waals surface area contributed by atoms with Crippen LogP contribution < -0.4 is 0 Å². The molecular weight excluding hydrogens is 256 g/mol. The molecule has 2 fully saturated rings. The summed E-state index contributed by atoms with van der Waals surface area (Å²) in [5.41, 5.74) is -0.458. The molecule has 1 aliphatic carbocycles. The van der Waals surface area contributed by atoms with Crippen molar-refractivity contribution in [2.75, 3.05) is 26.2 Å². The maximum Gasteiger partial charge on any atom is 0.410 e. The average molecular weight is 282 g/mol. The first-order valence-corrected chi connectivity index (χ1v) is 7.55. The van der Waals surface area contributed by atoms with Crippen molar-refractivity contribution in [2.45, 2.75) is 40.2 Å². The zero-order chi connectivity index (χ0) is 15.1. The fraction of sp³-hybridized carbons (Fsp3) is 0.867. The highest BCUT2D eigenvalue weighted by atomic mass is 16.6. The van der Waals surface area contributed by atoms with Crippen molar-refractivity contribution in [2.24, 2.45) is 17.8 Å². The van der Waals surface area contributed by atoms with Gasteiger partial charge in [0.2, 0.25) is 5.91 Å². The highest BCUT2D eigenvalue weighted by Crippen LogP contribution is 2.52. The first-order chi connectivity index (χ1) is 9.28. The predicted molar refractivity (Wildman–Crippen MR) is 76.2 cm³/mol. The van der Waals surface area contributed by atoms with E-state index in [1.807, 2.05) is 39.5 Å². The molecule has 5 nitrogen and oxygen atoms in total. The Hall–Kier alpha value is -1.26. The summed E-state index contributed by atoms with van der Waals surface area (Å²) in [6.07, 6.45) is -0.251. The van der Waals surface area contributed by atoms with Crippen LogP contribution in [0.5, 0.6) is 0 Å². The van der Waals surface area contributed by atoms with Gasteiger partial charge in [0.25, 0.3) is 0 Å². The van der Waals surface area contributed by atoms with Crippen molar-refractivity contribution in [3.05, 3.63) is 0 Å². The van der Waals surface area contributed by atoms with Gasteiger partial charge in [0.05, 0.1) is 0 Å². The van der Waals surface area contributed by atoms with Crippen molar-refractivity contribution < 1.29 is 14.3 Å². The van der Waals surface area contributed by atoms with Crippen LogP contribution in [-0.2, 0) is 9.53 Å². The van der Waals surface area contributed by atoms with Crippen molar-refractivity contribution in [1.82, 2.24) is 9.80 Å². The second-order valence-corrected chi connectivity index (χ2v) is 6.75. The van der Waals surface area contributed by atoms with Crippen molar-refractivity contribution >= 4 is 12.0 Å². The van der Waals surface area contributed by atoms with E-state index in [9.17, 15) is 9.59 Å². The number of carbonyl (C=O) groups excluding carboxylic acids is 2. The van der Waals surface area contributed by atoms with E-state index >= 15 is 0 Å². The smallest absolute Gasteiger partial charge is 0.410 e. The molecule has 2 rings (SSSR count). The van der Waals surface area contributed by atoms with Gasteiger partial charge in [-0.2, -0.15) is 0 Å². The van der Waals surface area contributed by atoms with Crippen LogP contribution in [0, 0.1) is 17.8 Å². The zero-order valence-corrected chi connectivity index (χ0v) is 13.2. The van der Waals surface area contributed by atoms with Gasteiger partial charge < -0.3 is 14.5 Å². The number of ether oxygens (including phenoxy) is 1. The Balaban J connectivity index is 1.85. The zero-order valence-electron chi connectivity index (χ0n) is 13.2. The van der Waals surface area contributed by atoms with Crippen molar-refractivity contribution in [3.63, 3.8) is 0 Å². The summed E-state index contributed by atoms with van der Waals surface area (Å²) in [4.78, 5) is 27.9. The number of hydrogen-bond acceptors (Lipinski definition) is 3. The molecule has 114 valence electrons. The van der Waals surface area contributed by atoms with Crippen LogP contribution in [-0.4, -0.2) is 53.6 Å². The summed E-state index contributed by atoms with van der Waals surface area (Å²) in [6, 6.07) is 0. The van der Waals surface area contributed by atoms with Gasteiger partial charge in [-0.25, -0.2) is 4.79 Å². The van der Waals surface area contributed by atoms with Crippen LogP contribution in [0.25, 0.3) is 0 Å². The summed E-state index contributed by atoms with van der Waals surface area (Å²) >= 11 is 0. The molecule has 0 unspecified atom stereocenters. The van der Waals surface area contributed by atoms with Crippen molar-refractivity contribution in [1.29, 1.82) is 0 Å². The largest absolute Gasteiger partial charge is 0.444 e. The molecule has 0 bridgehead atoms. The molecule has 20 heavy (non-hydrogen) atoms. The van der Waals surface area contributed by atoms with E-state index in [0.29, 0.717) is 24.9 Å². The number of nitrogens with zero attached hydrogens (tertiary/aromatic N) is 2. The monoisotopic (exact) mass is 282 g/mol. The molecule has 2 amide bonds. The van der Waals surface area contributed by atoms with Gasteiger partial charge in [0.15, 0.2) is 0 Å². The minimum absolute atomic E-state index is 0.133. The van der Waals surface area contributed by atoms with Crippen molar-refractivity contribution in [3.8, 4) is 0 Å². The lowest BCUT2D eigenvalue weighted by molar-refractivity contribution is -0.133. The normalized spacial score (nSPS) is 28.1. The maximum absolute atomic E-state index is 12.3. The number of amides is 2. The molecule has 0 spiro atoms. The summed E-state index contributed by atoms with van der Waals surface area (Å²) < 4.78 is 5.37. The molecule has 0 aromatic rings. The van der Waals surface area contributed by atoms with Gasteiger partial charge in [0.1, 0.15) is 5.60 Å². The first kappa shape index (κ1) is 15.1. The Morgan fingerprint density at radius 1 is 1.15 bits per heavy atom. The highest BCUT2D eigenvalue weighted by molar-refractivity contribution is 5.83. The fourth-order valence-electron chi connectivity index (χ4n) is 3.11. The van der Waals surface area contributed by atoms with E-state index in [1.54, 1.807) is 4.90 Å². The minimum Gasteiger partial charge on any atom is -0.444 e. The van der Waals surface area contributed by atoms with Gasteiger partial charge in [-0.3, -0.25) is 4.79 Å². The van der Waals surface area contributed by atoms with E-state index in [-0.39, 0.29) is 17.9 Å². The SMILES string of the molecule is CCN(CC)C(=O)[C@H]1[C@@H]2CN(C(=O)OC(C)(C)C)C[C@@H]21. The Kier molecular flexibility index (Phi) is 3.98. The lowest BCUT2D eigenvalue weighted by Gasteiger charge is -2.26. The minimum atomic E-state index is -0.458. The molecule has 5 heteroatoms. The van der Waals surface area contributed by atoms with Crippen LogP contribution in [0.2, 0.25) is 0 Å². The van der Waals surface area contributed by atoms with Gasteiger partial charge in [0, 0.05) is 32.1 Å².